The van der Waals surface area contributed by atoms with Gasteiger partial charge in [0.15, 0.2) is 0 Å². The Morgan fingerprint density at radius 2 is 2.00 bits per heavy atom. The molecule has 0 bridgehead atoms. The van der Waals surface area contributed by atoms with E-state index < -0.39 is 0 Å². The van der Waals surface area contributed by atoms with Gasteiger partial charge in [0.1, 0.15) is 11.4 Å². The topological polar surface area (TPSA) is 79.9 Å². The Hall–Kier alpha value is -3.15. The molecule has 0 fully saturated rings. The van der Waals surface area contributed by atoms with E-state index in [1.54, 1.807) is 37.7 Å². The Kier molecular flexibility index (Phi) is 3.82. The second-order valence-electron chi connectivity index (χ2n) is 4.59. The van der Waals surface area contributed by atoms with Gasteiger partial charge < -0.3 is 10.1 Å². The van der Waals surface area contributed by atoms with E-state index in [2.05, 4.69) is 20.5 Å². The van der Waals surface area contributed by atoms with Crippen molar-refractivity contribution in [2.24, 2.45) is 0 Å². The van der Waals surface area contributed by atoms with Crippen molar-refractivity contribution in [3.8, 4) is 17.0 Å². The van der Waals surface area contributed by atoms with Crippen LogP contribution in [0.25, 0.3) is 11.3 Å². The van der Waals surface area contributed by atoms with Gasteiger partial charge in [0.05, 0.1) is 12.8 Å². The molecule has 0 unspecified atom stereocenters. The van der Waals surface area contributed by atoms with Gasteiger partial charge in [0, 0.05) is 29.7 Å². The normalized spacial score (nSPS) is 10.2. The number of amides is 1. The molecule has 2 N–H and O–H groups in total. The Balaban J connectivity index is 1.77. The average Bonchev–Trinajstić information content (AvgIpc) is 3.06. The standard InChI is InChI=1S/C16H14N4O2/c1-22-13-4-2-3-12(9-13)18-16(21)15-10-14(19-20-15)11-5-7-17-8-6-11/h2-10H,1H3,(H,18,21)(H,19,20). The number of aromatic amines is 1. The molecule has 2 aromatic heterocycles. The molecule has 0 atom stereocenters. The van der Waals surface area contributed by atoms with Gasteiger partial charge >= 0.3 is 0 Å². The molecule has 0 aliphatic heterocycles. The van der Waals surface area contributed by atoms with E-state index in [0.717, 1.165) is 5.56 Å². The lowest BCUT2D eigenvalue weighted by molar-refractivity contribution is 0.102. The van der Waals surface area contributed by atoms with Crippen LogP contribution in [0.1, 0.15) is 10.5 Å². The molecule has 0 aliphatic rings. The molecule has 2 heterocycles. The summed E-state index contributed by atoms with van der Waals surface area (Å²) in [6.07, 6.45) is 3.36. The minimum absolute atomic E-state index is 0.263. The lowest BCUT2D eigenvalue weighted by Gasteiger charge is -2.05. The summed E-state index contributed by atoms with van der Waals surface area (Å²) in [5.74, 6) is 0.418. The van der Waals surface area contributed by atoms with E-state index in [4.69, 9.17) is 4.74 Å². The molecule has 6 heteroatoms. The molecule has 0 aliphatic carbocycles. The molecule has 3 aromatic rings. The highest BCUT2D eigenvalue weighted by atomic mass is 16.5. The van der Waals surface area contributed by atoms with Crippen LogP contribution in [-0.4, -0.2) is 28.2 Å². The zero-order chi connectivity index (χ0) is 15.4. The van der Waals surface area contributed by atoms with Crippen LogP contribution in [0.5, 0.6) is 5.75 Å². The molecule has 22 heavy (non-hydrogen) atoms. The quantitative estimate of drug-likeness (QED) is 0.775. The number of nitrogens with one attached hydrogen (secondary N) is 2. The average molecular weight is 294 g/mol. The first-order valence-corrected chi connectivity index (χ1v) is 6.67. The lowest BCUT2D eigenvalue weighted by atomic mass is 10.2. The number of hydrogen-bond acceptors (Lipinski definition) is 4. The second-order valence-corrected chi connectivity index (χ2v) is 4.59. The SMILES string of the molecule is COc1cccc(NC(=O)c2cc(-c3ccncc3)n[nH]2)c1. The number of aromatic nitrogens is 3. The van der Waals surface area contributed by atoms with Gasteiger partial charge in [-0.1, -0.05) is 6.07 Å². The maximum atomic E-state index is 12.2. The number of H-pyrrole nitrogens is 1. The van der Waals surface area contributed by atoms with Crippen LogP contribution >= 0.6 is 0 Å². The number of rotatable bonds is 4. The number of hydrogen-bond donors (Lipinski definition) is 2. The van der Waals surface area contributed by atoms with E-state index in [1.807, 2.05) is 24.3 Å². The van der Waals surface area contributed by atoms with Gasteiger partial charge in [-0.3, -0.25) is 14.9 Å². The molecule has 6 nitrogen and oxygen atoms in total. The van der Waals surface area contributed by atoms with Crippen molar-refractivity contribution in [2.45, 2.75) is 0 Å². The molecule has 0 saturated heterocycles. The van der Waals surface area contributed by atoms with Crippen molar-refractivity contribution in [1.82, 2.24) is 15.2 Å². The Labute approximate surface area is 127 Å². The van der Waals surface area contributed by atoms with Crippen molar-refractivity contribution in [3.05, 3.63) is 60.6 Å². The van der Waals surface area contributed by atoms with E-state index in [0.29, 0.717) is 22.8 Å². The summed E-state index contributed by atoms with van der Waals surface area (Å²) in [4.78, 5) is 16.2. The molecule has 0 saturated carbocycles. The number of carbonyl (C=O) groups excluding carboxylic acids is 1. The number of methoxy groups -OCH3 is 1. The maximum Gasteiger partial charge on any atom is 0.273 e. The van der Waals surface area contributed by atoms with Gasteiger partial charge in [0.2, 0.25) is 0 Å². The Bertz CT molecular complexity index is 784. The van der Waals surface area contributed by atoms with Crippen molar-refractivity contribution in [3.63, 3.8) is 0 Å². The van der Waals surface area contributed by atoms with Crippen LogP contribution in [0.4, 0.5) is 5.69 Å². The summed E-state index contributed by atoms with van der Waals surface area (Å²) < 4.78 is 5.13. The third-order valence-electron chi connectivity index (χ3n) is 3.13. The highest BCUT2D eigenvalue weighted by molar-refractivity contribution is 6.03. The summed E-state index contributed by atoms with van der Waals surface area (Å²) in [6, 6.07) is 12.5. The first-order chi connectivity index (χ1) is 10.8. The van der Waals surface area contributed by atoms with Crippen molar-refractivity contribution >= 4 is 11.6 Å². The maximum absolute atomic E-state index is 12.2. The van der Waals surface area contributed by atoms with E-state index in [-0.39, 0.29) is 5.91 Å². The van der Waals surface area contributed by atoms with Crippen molar-refractivity contribution in [2.75, 3.05) is 12.4 Å². The van der Waals surface area contributed by atoms with E-state index >= 15 is 0 Å². The number of pyridine rings is 1. The summed E-state index contributed by atoms with van der Waals surface area (Å²) in [6.45, 7) is 0. The minimum atomic E-state index is -0.263. The Morgan fingerprint density at radius 1 is 1.18 bits per heavy atom. The predicted octanol–water partition coefficient (Wildman–Crippen LogP) is 2.73. The highest BCUT2D eigenvalue weighted by Crippen LogP contribution is 2.19. The Morgan fingerprint density at radius 3 is 2.77 bits per heavy atom. The zero-order valence-corrected chi connectivity index (χ0v) is 11.9. The number of ether oxygens (including phenoxy) is 1. The third kappa shape index (κ3) is 2.95. The van der Waals surface area contributed by atoms with Crippen LogP contribution in [0.15, 0.2) is 54.9 Å². The first kappa shape index (κ1) is 13.8. The summed E-state index contributed by atoms with van der Waals surface area (Å²) in [7, 11) is 1.58. The number of carbonyl (C=O) groups is 1. The number of benzene rings is 1. The first-order valence-electron chi connectivity index (χ1n) is 6.67. The molecule has 1 amide bonds. The highest BCUT2D eigenvalue weighted by Gasteiger charge is 2.11. The molecule has 1 aromatic carbocycles. The third-order valence-corrected chi connectivity index (χ3v) is 3.13. The van der Waals surface area contributed by atoms with Crippen LogP contribution < -0.4 is 10.1 Å². The van der Waals surface area contributed by atoms with Crippen LogP contribution in [0, 0.1) is 0 Å². The second kappa shape index (κ2) is 6.09. The van der Waals surface area contributed by atoms with Gasteiger partial charge in [-0.05, 0) is 30.3 Å². The summed E-state index contributed by atoms with van der Waals surface area (Å²) in [5, 5.41) is 9.68. The lowest BCUT2D eigenvalue weighted by Crippen LogP contribution is -2.12. The number of anilines is 1. The molecule has 110 valence electrons. The van der Waals surface area contributed by atoms with Gasteiger partial charge in [-0.25, -0.2) is 0 Å². The molecular formula is C16H14N4O2. The molecule has 3 rings (SSSR count). The minimum Gasteiger partial charge on any atom is -0.497 e. The largest absolute Gasteiger partial charge is 0.497 e. The van der Waals surface area contributed by atoms with Crippen LogP contribution in [0.2, 0.25) is 0 Å². The van der Waals surface area contributed by atoms with Gasteiger partial charge in [-0.15, -0.1) is 0 Å². The van der Waals surface area contributed by atoms with E-state index in [1.165, 1.54) is 0 Å². The molecule has 0 spiro atoms. The smallest absolute Gasteiger partial charge is 0.273 e. The summed E-state index contributed by atoms with van der Waals surface area (Å²) in [5.41, 5.74) is 2.63. The zero-order valence-electron chi connectivity index (χ0n) is 11.9. The van der Waals surface area contributed by atoms with Crippen LogP contribution in [-0.2, 0) is 0 Å². The predicted molar refractivity (Wildman–Crippen MR) is 82.8 cm³/mol. The van der Waals surface area contributed by atoms with Crippen molar-refractivity contribution in [1.29, 1.82) is 0 Å². The fraction of sp³-hybridized carbons (Fsp3) is 0.0625. The van der Waals surface area contributed by atoms with Crippen molar-refractivity contribution < 1.29 is 9.53 Å². The fourth-order valence-corrected chi connectivity index (χ4v) is 2.01. The summed E-state index contributed by atoms with van der Waals surface area (Å²) >= 11 is 0. The fourth-order valence-electron chi connectivity index (χ4n) is 2.01. The van der Waals surface area contributed by atoms with Crippen LogP contribution in [0.3, 0.4) is 0 Å². The molecular weight excluding hydrogens is 280 g/mol. The molecule has 0 radical (unpaired) electrons. The number of nitrogens with zero attached hydrogens (tertiary/aromatic N) is 2. The van der Waals surface area contributed by atoms with Gasteiger partial charge in [0.25, 0.3) is 5.91 Å². The van der Waals surface area contributed by atoms with E-state index in [9.17, 15) is 4.79 Å². The monoisotopic (exact) mass is 294 g/mol. The van der Waals surface area contributed by atoms with Gasteiger partial charge in [-0.2, -0.15) is 5.10 Å².